The molecule has 2 nitrogen and oxygen atoms in total. The minimum absolute atomic E-state index is 0.315. The zero-order valence-corrected chi connectivity index (χ0v) is 17.9. The largest absolute Gasteiger partial charge is 0.316 e. The van der Waals surface area contributed by atoms with Crippen LogP contribution in [0, 0.1) is 0 Å². The third kappa shape index (κ3) is 6.47. The molecular weight excluding hydrogens is 364 g/mol. The van der Waals surface area contributed by atoms with Crippen LogP contribution in [0.2, 0.25) is 5.02 Å². The summed E-state index contributed by atoms with van der Waals surface area (Å²) in [7, 11) is 0. The van der Waals surface area contributed by atoms with Crippen molar-refractivity contribution in [1.82, 2.24) is 10.3 Å². The minimum atomic E-state index is 0.315. The first-order valence-corrected chi connectivity index (χ1v) is 10.6. The number of benzene rings is 2. The molecule has 0 saturated carbocycles. The van der Waals surface area contributed by atoms with Gasteiger partial charge in [0.2, 0.25) is 0 Å². The summed E-state index contributed by atoms with van der Waals surface area (Å²) in [5, 5.41) is 4.38. The molecular formula is C25H31ClN2. The summed E-state index contributed by atoms with van der Waals surface area (Å²) in [6, 6.07) is 21.1. The van der Waals surface area contributed by atoms with Crippen LogP contribution < -0.4 is 5.32 Å². The fourth-order valence-electron chi connectivity index (χ4n) is 3.12. The maximum absolute atomic E-state index is 6.08. The maximum atomic E-state index is 6.08. The Hall–Kier alpha value is -2.16. The highest BCUT2D eigenvalue weighted by Gasteiger charge is 2.14. The van der Waals surface area contributed by atoms with Gasteiger partial charge in [-0.1, -0.05) is 75.2 Å². The van der Waals surface area contributed by atoms with Gasteiger partial charge in [-0.15, -0.1) is 0 Å². The lowest BCUT2D eigenvalue weighted by atomic mass is 9.90. The molecule has 1 unspecified atom stereocenters. The number of hydrogen-bond donors (Lipinski definition) is 1. The summed E-state index contributed by atoms with van der Waals surface area (Å²) >= 11 is 6.08. The Bertz CT molecular complexity index is 783. The van der Waals surface area contributed by atoms with Gasteiger partial charge in [-0.3, -0.25) is 4.98 Å². The van der Waals surface area contributed by atoms with Crippen molar-refractivity contribution in [3.63, 3.8) is 0 Å². The normalized spacial score (nSPS) is 11.4. The highest BCUT2D eigenvalue weighted by atomic mass is 35.5. The van der Waals surface area contributed by atoms with E-state index >= 15 is 0 Å². The molecule has 3 aromatic rings. The molecule has 148 valence electrons. The maximum Gasteiger partial charge on any atom is 0.0406 e. The minimum Gasteiger partial charge on any atom is -0.316 e. The first-order chi connectivity index (χ1) is 13.8. The zero-order chi connectivity index (χ0) is 20.2. The number of aromatic nitrogens is 1. The second-order valence-electron chi connectivity index (χ2n) is 6.52. The van der Waals surface area contributed by atoms with Gasteiger partial charge in [-0.05, 0) is 59.5 Å². The molecule has 3 rings (SSSR count). The number of hydrogen-bond acceptors (Lipinski definition) is 2. The van der Waals surface area contributed by atoms with Crippen molar-refractivity contribution in [3.8, 4) is 11.1 Å². The second-order valence-corrected chi connectivity index (χ2v) is 6.96. The van der Waals surface area contributed by atoms with Crippen molar-refractivity contribution in [2.24, 2.45) is 0 Å². The van der Waals surface area contributed by atoms with E-state index in [1.165, 1.54) is 35.1 Å². The number of halogens is 1. The van der Waals surface area contributed by atoms with Gasteiger partial charge in [0.15, 0.2) is 0 Å². The van der Waals surface area contributed by atoms with Gasteiger partial charge in [0.25, 0.3) is 0 Å². The lowest BCUT2D eigenvalue weighted by Gasteiger charge is -2.19. The van der Waals surface area contributed by atoms with Crippen LogP contribution >= 0.6 is 11.6 Å². The van der Waals surface area contributed by atoms with Crippen LogP contribution in [0.25, 0.3) is 11.1 Å². The van der Waals surface area contributed by atoms with Crippen LogP contribution in [0.5, 0.6) is 0 Å². The molecule has 28 heavy (non-hydrogen) atoms. The topological polar surface area (TPSA) is 24.9 Å². The molecule has 1 atom stereocenters. The number of unbranched alkanes of at least 4 members (excludes halogenated alkanes) is 1. The Morgan fingerprint density at radius 2 is 1.36 bits per heavy atom. The van der Waals surface area contributed by atoms with Gasteiger partial charge in [-0.2, -0.15) is 0 Å². The van der Waals surface area contributed by atoms with E-state index in [1.807, 2.05) is 50.5 Å². The van der Waals surface area contributed by atoms with Crippen LogP contribution in [0.3, 0.4) is 0 Å². The molecule has 1 aromatic heterocycles. The Labute approximate surface area is 175 Å². The molecule has 2 aromatic carbocycles. The van der Waals surface area contributed by atoms with E-state index in [4.69, 9.17) is 11.6 Å². The zero-order valence-electron chi connectivity index (χ0n) is 17.2. The van der Waals surface area contributed by atoms with Gasteiger partial charge in [-0.25, -0.2) is 0 Å². The van der Waals surface area contributed by atoms with Crippen molar-refractivity contribution < 1.29 is 0 Å². The first kappa shape index (κ1) is 22.1. The molecule has 0 spiro atoms. The van der Waals surface area contributed by atoms with Crippen molar-refractivity contribution >= 4 is 11.6 Å². The van der Waals surface area contributed by atoms with Crippen LogP contribution in [0.4, 0.5) is 0 Å². The lowest BCUT2D eigenvalue weighted by molar-refractivity contribution is 0.607. The van der Waals surface area contributed by atoms with Crippen molar-refractivity contribution in [2.75, 3.05) is 13.1 Å². The molecule has 0 bridgehead atoms. The van der Waals surface area contributed by atoms with E-state index in [1.54, 1.807) is 0 Å². The third-order valence-electron chi connectivity index (χ3n) is 4.65. The molecule has 0 aliphatic rings. The fourth-order valence-corrected chi connectivity index (χ4v) is 3.25. The van der Waals surface area contributed by atoms with Crippen LogP contribution in [-0.2, 0) is 0 Å². The molecule has 0 aliphatic carbocycles. The van der Waals surface area contributed by atoms with E-state index in [0.29, 0.717) is 5.92 Å². The summed E-state index contributed by atoms with van der Waals surface area (Å²) in [6.07, 6.45) is 6.07. The van der Waals surface area contributed by atoms with Gasteiger partial charge in [0.05, 0.1) is 0 Å². The van der Waals surface area contributed by atoms with E-state index in [-0.39, 0.29) is 0 Å². The summed E-state index contributed by atoms with van der Waals surface area (Å²) in [5.74, 6) is 0.315. The molecule has 1 N–H and O–H groups in total. The number of nitrogens with one attached hydrogen (secondary N) is 1. The van der Waals surface area contributed by atoms with Crippen LogP contribution in [0.15, 0.2) is 73.1 Å². The Morgan fingerprint density at radius 1 is 0.821 bits per heavy atom. The molecule has 3 heteroatoms. The predicted octanol–water partition coefficient (Wildman–Crippen LogP) is 6.95. The van der Waals surface area contributed by atoms with E-state index in [2.05, 4.69) is 53.6 Å². The van der Waals surface area contributed by atoms with Crippen molar-refractivity contribution in [2.45, 2.75) is 39.5 Å². The number of pyridine rings is 1. The molecule has 0 amide bonds. The summed E-state index contributed by atoms with van der Waals surface area (Å²) < 4.78 is 0. The highest BCUT2D eigenvalue weighted by molar-refractivity contribution is 6.30. The lowest BCUT2D eigenvalue weighted by Crippen LogP contribution is -2.23. The molecule has 0 aliphatic heterocycles. The van der Waals surface area contributed by atoms with Crippen LogP contribution in [-0.4, -0.2) is 18.1 Å². The smallest absolute Gasteiger partial charge is 0.0406 e. The standard InChI is InChI=1S/C23H25ClN2.C2H6/c1-2-3-14-26-17-23(21-8-10-22(24)11-9-21)20-6-4-18(5-7-20)19-12-15-25-16-13-19;1-2/h4-13,15-16,23,26H,2-3,14,17H2,1H3;1-2H3. The average molecular weight is 395 g/mol. The summed E-state index contributed by atoms with van der Waals surface area (Å²) in [6.45, 7) is 8.20. The monoisotopic (exact) mass is 394 g/mol. The molecule has 0 radical (unpaired) electrons. The summed E-state index contributed by atoms with van der Waals surface area (Å²) in [5.41, 5.74) is 5.00. The van der Waals surface area contributed by atoms with Gasteiger partial charge in [0, 0.05) is 29.9 Å². The fraction of sp³-hybridized carbons (Fsp3) is 0.320. The summed E-state index contributed by atoms with van der Waals surface area (Å²) in [4.78, 5) is 4.09. The van der Waals surface area contributed by atoms with Gasteiger partial charge < -0.3 is 5.32 Å². The van der Waals surface area contributed by atoms with Crippen molar-refractivity contribution in [3.05, 3.63) is 89.2 Å². The number of nitrogens with zero attached hydrogens (tertiary/aromatic N) is 1. The highest BCUT2D eigenvalue weighted by Crippen LogP contribution is 2.28. The number of rotatable bonds is 8. The van der Waals surface area contributed by atoms with E-state index in [9.17, 15) is 0 Å². The third-order valence-corrected chi connectivity index (χ3v) is 4.91. The Morgan fingerprint density at radius 3 is 1.93 bits per heavy atom. The predicted molar refractivity (Wildman–Crippen MR) is 122 cm³/mol. The first-order valence-electron chi connectivity index (χ1n) is 10.2. The quantitative estimate of drug-likeness (QED) is 0.418. The van der Waals surface area contributed by atoms with Gasteiger partial charge in [0.1, 0.15) is 0 Å². The van der Waals surface area contributed by atoms with E-state index < -0.39 is 0 Å². The Balaban J connectivity index is 0.00000136. The second kappa shape index (κ2) is 12.3. The van der Waals surface area contributed by atoms with Crippen molar-refractivity contribution in [1.29, 1.82) is 0 Å². The van der Waals surface area contributed by atoms with Gasteiger partial charge >= 0.3 is 0 Å². The average Bonchev–Trinajstić information content (AvgIpc) is 2.77. The molecule has 0 fully saturated rings. The van der Waals surface area contributed by atoms with E-state index in [0.717, 1.165) is 18.1 Å². The molecule has 0 saturated heterocycles. The Kier molecular flexibility index (Phi) is 9.74. The SMILES string of the molecule is CC.CCCCNCC(c1ccc(Cl)cc1)c1ccc(-c2ccncc2)cc1. The molecule has 1 heterocycles. The van der Waals surface area contributed by atoms with Crippen LogP contribution in [0.1, 0.15) is 50.7 Å².